The molecule has 1 fully saturated rings. The highest BCUT2D eigenvalue weighted by Crippen LogP contribution is 2.17. The van der Waals surface area contributed by atoms with Gasteiger partial charge in [0, 0.05) is 30.9 Å². The van der Waals surface area contributed by atoms with Crippen LogP contribution in [0.5, 0.6) is 5.75 Å². The van der Waals surface area contributed by atoms with Crippen molar-refractivity contribution in [1.29, 1.82) is 0 Å². The van der Waals surface area contributed by atoms with Crippen molar-refractivity contribution in [2.75, 3.05) is 32.1 Å². The Bertz CT molecular complexity index is 481. The van der Waals surface area contributed by atoms with E-state index in [2.05, 4.69) is 22.5 Å². The van der Waals surface area contributed by atoms with Gasteiger partial charge in [0.15, 0.2) is 5.11 Å². The molecule has 0 unspecified atom stereocenters. The van der Waals surface area contributed by atoms with Crippen LogP contribution in [0.3, 0.4) is 0 Å². The maximum atomic E-state index is 5.33. The van der Waals surface area contributed by atoms with Crippen LogP contribution in [0.2, 0.25) is 0 Å². The van der Waals surface area contributed by atoms with Crippen LogP contribution in [-0.2, 0) is 0 Å². The number of nitrogens with zero attached hydrogens (tertiary/aromatic N) is 1. The van der Waals surface area contributed by atoms with Gasteiger partial charge in [-0.15, -0.1) is 0 Å². The van der Waals surface area contributed by atoms with Crippen molar-refractivity contribution in [2.24, 2.45) is 0 Å². The van der Waals surface area contributed by atoms with Gasteiger partial charge in [-0.25, -0.2) is 0 Å². The van der Waals surface area contributed by atoms with Gasteiger partial charge in [-0.1, -0.05) is 12.5 Å². The predicted octanol–water partition coefficient (Wildman–Crippen LogP) is 3.25. The molecule has 1 aliphatic heterocycles. The molecule has 0 saturated carbocycles. The smallest absolute Gasteiger partial charge is 0.170 e. The number of rotatable bonds is 6. The zero-order chi connectivity index (χ0) is 15.8. The Balaban J connectivity index is 1.65. The average molecular weight is 321 g/mol. The third-order valence-corrected chi connectivity index (χ3v) is 4.42. The molecule has 0 bridgehead atoms. The highest BCUT2D eigenvalue weighted by molar-refractivity contribution is 7.80. The third kappa shape index (κ3) is 5.46. The third-order valence-electron chi connectivity index (χ3n) is 4.18. The number of thiocarbonyl (C=S) groups is 1. The molecule has 0 radical (unpaired) electrons. The number of hydrogen-bond acceptors (Lipinski definition) is 3. The Kier molecular flexibility index (Phi) is 6.93. The largest absolute Gasteiger partial charge is 0.497 e. The summed E-state index contributed by atoms with van der Waals surface area (Å²) in [6.45, 7) is 5.63. The summed E-state index contributed by atoms with van der Waals surface area (Å²) >= 11 is 5.33. The lowest BCUT2D eigenvalue weighted by Crippen LogP contribution is -2.39. The fourth-order valence-electron chi connectivity index (χ4n) is 2.85. The Morgan fingerprint density at radius 2 is 2.27 bits per heavy atom. The summed E-state index contributed by atoms with van der Waals surface area (Å²) < 4.78 is 5.20. The molecule has 2 rings (SSSR count). The van der Waals surface area contributed by atoms with Crippen molar-refractivity contribution in [2.45, 2.75) is 38.6 Å². The van der Waals surface area contributed by atoms with Gasteiger partial charge in [0.2, 0.25) is 0 Å². The van der Waals surface area contributed by atoms with Gasteiger partial charge >= 0.3 is 0 Å². The van der Waals surface area contributed by atoms with Gasteiger partial charge in [-0.05, 0) is 57.1 Å². The molecule has 1 aliphatic rings. The van der Waals surface area contributed by atoms with Crippen molar-refractivity contribution < 1.29 is 4.74 Å². The summed E-state index contributed by atoms with van der Waals surface area (Å²) in [6, 6.07) is 8.51. The minimum atomic E-state index is 0.667. The van der Waals surface area contributed by atoms with E-state index in [1.165, 1.54) is 25.8 Å². The zero-order valence-electron chi connectivity index (χ0n) is 13.6. The highest BCUT2D eigenvalue weighted by atomic mass is 32.1. The normalized spacial score (nSPS) is 18.7. The maximum Gasteiger partial charge on any atom is 0.170 e. The number of nitrogens with one attached hydrogen (secondary N) is 2. The van der Waals surface area contributed by atoms with Crippen molar-refractivity contribution >= 4 is 23.0 Å². The molecule has 0 spiro atoms. The SMILES string of the molecule is COc1cccc(NC(=S)NCCCN2CCCC[C@@H]2C)c1. The second-order valence-corrected chi connectivity index (χ2v) is 6.26. The molecule has 1 saturated heterocycles. The molecule has 0 aromatic heterocycles. The van der Waals surface area contributed by atoms with Gasteiger partial charge in [-0.2, -0.15) is 0 Å². The van der Waals surface area contributed by atoms with E-state index in [-0.39, 0.29) is 0 Å². The second kappa shape index (κ2) is 8.96. The second-order valence-electron chi connectivity index (χ2n) is 5.85. The molecular formula is C17H27N3OS. The van der Waals surface area contributed by atoms with Crippen LogP contribution in [-0.4, -0.2) is 42.8 Å². The first-order chi connectivity index (χ1) is 10.7. The van der Waals surface area contributed by atoms with Crippen molar-refractivity contribution in [3.05, 3.63) is 24.3 Å². The van der Waals surface area contributed by atoms with Gasteiger partial charge < -0.3 is 20.3 Å². The topological polar surface area (TPSA) is 36.5 Å². The van der Waals surface area contributed by atoms with Crippen LogP contribution in [0.25, 0.3) is 0 Å². The molecule has 1 aromatic carbocycles. The number of likely N-dealkylation sites (tertiary alicyclic amines) is 1. The molecule has 2 N–H and O–H groups in total. The van der Waals surface area contributed by atoms with Crippen molar-refractivity contribution in [3.8, 4) is 5.75 Å². The van der Waals surface area contributed by atoms with E-state index in [1.54, 1.807) is 7.11 Å². The summed E-state index contributed by atoms with van der Waals surface area (Å²) in [5.41, 5.74) is 0.946. The minimum absolute atomic E-state index is 0.667. The Labute approximate surface area is 139 Å². The predicted molar refractivity (Wildman–Crippen MR) is 96.7 cm³/mol. The summed E-state index contributed by atoms with van der Waals surface area (Å²) in [5.74, 6) is 0.826. The Morgan fingerprint density at radius 1 is 1.41 bits per heavy atom. The van der Waals surface area contributed by atoms with Gasteiger partial charge in [0.25, 0.3) is 0 Å². The number of methoxy groups -OCH3 is 1. The summed E-state index contributed by atoms with van der Waals surface area (Å²) in [7, 11) is 1.66. The van der Waals surface area contributed by atoms with Crippen LogP contribution < -0.4 is 15.4 Å². The molecule has 4 nitrogen and oxygen atoms in total. The van der Waals surface area contributed by atoms with E-state index in [1.807, 2.05) is 24.3 Å². The Morgan fingerprint density at radius 3 is 3.05 bits per heavy atom. The molecule has 22 heavy (non-hydrogen) atoms. The first-order valence-corrected chi connectivity index (χ1v) is 8.53. The van der Waals surface area contributed by atoms with Crippen molar-refractivity contribution in [3.63, 3.8) is 0 Å². The molecule has 1 heterocycles. The van der Waals surface area contributed by atoms with Crippen LogP contribution in [0.1, 0.15) is 32.6 Å². The summed E-state index contributed by atoms with van der Waals surface area (Å²) in [6.07, 6.45) is 5.17. The van der Waals surface area contributed by atoms with Gasteiger partial charge in [0.05, 0.1) is 7.11 Å². The van der Waals surface area contributed by atoms with Crippen molar-refractivity contribution in [1.82, 2.24) is 10.2 Å². The lowest BCUT2D eigenvalue weighted by molar-refractivity contribution is 0.159. The van der Waals surface area contributed by atoms with E-state index in [0.717, 1.165) is 37.0 Å². The fraction of sp³-hybridized carbons (Fsp3) is 0.588. The van der Waals surface area contributed by atoms with Gasteiger partial charge in [0.1, 0.15) is 5.75 Å². The first-order valence-electron chi connectivity index (χ1n) is 8.12. The van der Waals surface area contributed by atoms with E-state index in [0.29, 0.717) is 5.11 Å². The Hall–Kier alpha value is -1.33. The monoisotopic (exact) mass is 321 g/mol. The highest BCUT2D eigenvalue weighted by Gasteiger charge is 2.16. The average Bonchev–Trinajstić information content (AvgIpc) is 2.53. The molecule has 1 atom stereocenters. The molecule has 0 aliphatic carbocycles. The molecular weight excluding hydrogens is 294 g/mol. The summed E-state index contributed by atoms with van der Waals surface area (Å²) in [5, 5.41) is 7.13. The van der Waals surface area contributed by atoms with Crippen LogP contribution in [0, 0.1) is 0 Å². The lowest BCUT2D eigenvalue weighted by Gasteiger charge is -2.33. The van der Waals surface area contributed by atoms with E-state index in [4.69, 9.17) is 17.0 Å². The fourth-order valence-corrected chi connectivity index (χ4v) is 3.07. The molecule has 0 amide bonds. The molecule has 1 aromatic rings. The van der Waals surface area contributed by atoms with Crippen LogP contribution in [0.4, 0.5) is 5.69 Å². The quantitative estimate of drug-likeness (QED) is 0.621. The zero-order valence-corrected chi connectivity index (χ0v) is 14.4. The minimum Gasteiger partial charge on any atom is -0.497 e. The van der Waals surface area contributed by atoms with E-state index < -0.39 is 0 Å². The first kappa shape index (κ1) is 17.0. The number of piperidine rings is 1. The number of benzene rings is 1. The van der Waals surface area contributed by atoms with E-state index >= 15 is 0 Å². The van der Waals surface area contributed by atoms with E-state index in [9.17, 15) is 0 Å². The van der Waals surface area contributed by atoms with Crippen LogP contribution >= 0.6 is 12.2 Å². The van der Waals surface area contributed by atoms with Gasteiger partial charge in [-0.3, -0.25) is 0 Å². The standard InChI is InChI=1S/C17H27N3OS/c1-14-7-3-4-11-20(14)12-6-10-18-17(22)19-15-8-5-9-16(13-15)21-2/h5,8-9,13-14H,3-4,6-7,10-12H2,1-2H3,(H2,18,19,22)/t14-/m0/s1. The lowest BCUT2D eigenvalue weighted by atomic mass is 10.0. The summed E-state index contributed by atoms with van der Waals surface area (Å²) in [4.78, 5) is 2.59. The molecule has 122 valence electrons. The molecule has 5 heteroatoms. The maximum absolute atomic E-state index is 5.33. The van der Waals surface area contributed by atoms with Crippen LogP contribution in [0.15, 0.2) is 24.3 Å². The number of ether oxygens (including phenoxy) is 1. The number of hydrogen-bond donors (Lipinski definition) is 2. The number of anilines is 1.